The molecule has 0 radical (unpaired) electrons. The number of hydrogen-bond donors (Lipinski definition) is 2. The SMILES string of the molecule is O=C(Nc1ccc(Nc2cc(-n3cccn3)ncn2)cc1)c1cncc(F)c1. The second-order valence-electron chi connectivity index (χ2n) is 5.76. The lowest BCUT2D eigenvalue weighted by Crippen LogP contribution is -2.12. The summed E-state index contributed by atoms with van der Waals surface area (Å²) in [5.41, 5.74) is 1.49. The number of halogens is 1. The molecule has 0 atom stereocenters. The minimum atomic E-state index is -0.563. The maximum absolute atomic E-state index is 13.2. The molecule has 138 valence electrons. The molecule has 1 aromatic carbocycles. The van der Waals surface area contributed by atoms with Gasteiger partial charge in [0.2, 0.25) is 0 Å². The Morgan fingerprint density at radius 2 is 1.86 bits per heavy atom. The van der Waals surface area contributed by atoms with Gasteiger partial charge in [0.05, 0.1) is 11.8 Å². The summed E-state index contributed by atoms with van der Waals surface area (Å²) in [6.07, 6.45) is 7.25. The van der Waals surface area contributed by atoms with Crippen LogP contribution in [0.3, 0.4) is 0 Å². The number of rotatable bonds is 5. The van der Waals surface area contributed by atoms with E-state index in [0.717, 1.165) is 18.0 Å². The van der Waals surface area contributed by atoms with Crippen LogP contribution in [0.15, 0.2) is 73.6 Å². The molecule has 0 saturated heterocycles. The normalized spacial score (nSPS) is 10.5. The van der Waals surface area contributed by atoms with Gasteiger partial charge in [-0.1, -0.05) is 0 Å². The van der Waals surface area contributed by atoms with Gasteiger partial charge in [0.15, 0.2) is 5.82 Å². The van der Waals surface area contributed by atoms with Crippen LogP contribution in [0.4, 0.5) is 21.6 Å². The standard InChI is InChI=1S/C19H14FN7O/c20-14-8-13(10-21-11-14)19(28)26-16-4-2-15(3-5-16)25-17-9-18(23-12-22-17)27-7-1-6-24-27/h1-12H,(H,26,28)(H,22,23,25). The van der Waals surface area contributed by atoms with Gasteiger partial charge in [-0.05, 0) is 36.4 Å². The predicted molar refractivity (Wildman–Crippen MR) is 101 cm³/mol. The van der Waals surface area contributed by atoms with E-state index in [1.54, 1.807) is 47.4 Å². The van der Waals surface area contributed by atoms with Crippen molar-refractivity contribution in [1.82, 2.24) is 24.7 Å². The smallest absolute Gasteiger partial charge is 0.257 e. The van der Waals surface area contributed by atoms with E-state index in [-0.39, 0.29) is 5.56 Å². The number of carbonyl (C=O) groups is 1. The number of benzene rings is 1. The fraction of sp³-hybridized carbons (Fsp3) is 0. The van der Waals surface area contributed by atoms with Crippen molar-refractivity contribution in [3.05, 3.63) is 85.0 Å². The maximum Gasteiger partial charge on any atom is 0.257 e. The van der Waals surface area contributed by atoms with Crippen molar-refractivity contribution in [3.63, 3.8) is 0 Å². The average molecular weight is 375 g/mol. The van der Waals surface area contributed by atoms with Crippen LogP contribution in [0.1, 0.15) is 10.4 Å². The number of carbonyl (C=O) groups excluding carboxylic acids is 1. The highest BCUT2D eigenvalue weighted by Gasteiger charge is 2.08. The van der Waals surface area contributed by atoms with Crippen LogP contribution in [-0.2, 0) is 0 Å². The molecule has 1 amide bonds. The molecule has 9 heteroatoms. The summed E-state index contributed by atoms with van der Waals surface area (Å²) < 4.78 is 14.8. The molecule has 8 nitrogen and oxygen atoms in total. The highest BCUT2D eigenvalue weighted by Crippen LogP contribution is 2.19. The van der Waals surface area contributed by atoms with Gasteiger partial charge in [0.1, 0.15) is 18.0 Å². The van der Waals surface area contributed by atoms with Crippen molar-refractivity contribution in [2.45, 2.75) is 0 Å². The van der Waals surface area contributed by atoms with Crippen molar-refractivity contribution in [1.29, 1.82) is 0 Å². The summed E-state index contributed by atoms with van der Waals surface area (Å²) in [5.74, 6) is 0.233. The molecule has 0 bridgehead atoms. The third kappa shape index (κ3) is 3.98. The molecule has 0 aliphatic heterocycles. The third-order valence-corrected chi connectivity index (χ3v) is 3.77. The van der Waals surface area contributed by atoms with Gasteiger partial charge in [-0.2, -0.15) is 5.10 Å². The molecule has 0 saturated carbocycles. The van der Waals surface area contributed by atoms with Gasteiger partial charge in [-0.25, -0.2) is 19.0 Å². The highest BCUT2D eigenvalue weighted by atomic mass is 19.1. The lowest BCUT2D eigenvalue weighted by molar-refractivity contribution is 0.102. The van der Waals surface area contributed by atoms with Crippen LogP contribution in [-0.4, -0.2) is 30.6 Å². The quantitative estimate of drug-likeness (QED) is 0.556. The molecule has 2 N–H and O–H groups in total. The van der Waals surface area contributed by atoms with Gasteiger partial charge in [0.25, 0.3) is 5.91 Å². The van der Waals surface area contributed by atoms with Crippen molar-refractivity contribution in [2.75, 3.05) is 10.6 Å². The van der Waals surface area contributed by atoms with Gasteiger partial charge >= 0.3 is 0 Å². The summed E-state index contributed by atoms with van der Waals surface area (Å²) in [6.45, 7) is 0. The largest absolute Gasteiger partial charge is 0.340 e. The lowest BCUT2D eigenvalue weighted by atomic mass is 10.2. The summed E-state index contributed by atoms with van der Waals surface area (Å²) in [5, 5.41) is 9.99. The van der Waals surface area contributed by atoms with Crippen molar-refractivity contribution >= 4 is 23.1 Å². The summed E-state index contributed by atoms with van der Waals surface area (Å²) in [4.78, 5) is 24.2. The first kappa shape index (κ1) is 17.3. The number of nitrogens with zero attached hydrogens (tertiary/aromatic N) is 5. The summed E-state index contributed by atoms with van der Waals surface area (Å²) >= 11 is 0. The second-order valence-corrected chi connectivity index (χ2v) is 5.76. The lowest BCUT2D eigenvalue weighted by Gasteiger charge is -2.09. The Kier molecular flexibility index (Phi) is 4.70. The molecule has 0 spiro atoms. The highest BCUT2D eigenvalue weighted by molar-refractivity contribution is 6.04. The third-order valence-electron chi connectivity index (χ3n) is 3.77. The van der Waals surface area contributed by atoms with Crippen LogP contribution in [0, 0.1) is 5.82 Å². The number of nitrogens with one attached hydrogen (secondary N) is 2. The molecule has 4 aromatic rings. The first-order chi connectivity index (χ1) is 13.7. The summed E-state index contributed by atoms with van der Waals surface area (Å²) in [7, 11) is 0. The fourth-order valence-corrected chi connectivity index (χ4v) is 2.47. The van der Waals surface area contributed by atoms with Gasteiger partial charge in [0, 0.05) is 36.0 Å². The Hall–Kier alpha value is -4.14. The zero-order chi connectivity index (χ0) is 19.3. The Bertz CT molecular complexity index is 1100. The Morgan fingerprint density at radius 3 is 2.61 bits per heavy atom. The fourth-order valence-electron chi connectivity index (χ4n) is 2.47. The molecule has 0 aliphatic carbocycles. The molecule has 0 unspecified atom stereocenters. The molecule has 3 heterocycles. The molecular formula is C19H14FN7O. The number of pyridine rings is 1. The first-order valence-corrected chi connectivity index (χ1v) is 8.28. The molecule has 0 fully saturated rings. The topological polar surface area (TPSA) is 97.6 Å². The monoisotopic (exact) mass is 375 g/mol. The molecule has 4 rings (SSSR count). The van der Waals surface area contributed by atoms with Crippen LogP contribution in [0.2, 0.25) is 0 Å². The van der Waals surface area contributed by atoms with Gasteiger partial charge in [-0.15, -0.1) is 0 Å². The number of amides is 1. The Balaban J connectivity index is 1.44. The zero-order valence-electron chi connectivity index (χ0n) is 14.5. The van der Waals surface area contributed by atoms with E-state index >= 15 is 0 Å². The van der Waals surface area contributed by atoms with Crippen molar-refractivity contribution < 1.29 is 9.18 Å². The Labute approximate surface area is 159 Å². The van der Waals surface area contributed by atoms with E-state index in [9.17, 15) is 9.18 Å². The van der Waals surface area contributed by atoms with Crippen LogP contribution in [0.25, 0.3) is 5.82 Å². The van der Waals surface area contributed by atoms with E-state index in [1.165, 1.54) is 12.5 Å². The predicted octanol–water partition coefficient (Wildman–Crippen LogP) is 3.19. The van der Waals surface area contributed by atoms with Gasteiger partial charge in [-0.3, -0.25) is 9.78 Å². The molecule has 28 heavy (non-hydrogen) atoms. The van der Waals surface area contributed by atoms with E-state index in [4.69, 9.17) is 0 Å². The zero-order valence-corrected chi connectivity index (χ0v) is 14.5. The van der Waals surface area contributed by atoms with Crippen LogP contribution >= 0.6 is 0 Å². The Morgan fingerprint density at radius 1 is 1.04 bits per heavy atom. The van der Waals surface area contributed by atoms with Gasteiger partial charge < -0.3 is 10.6 Å². The number of aromatic nitrogens is 5. The van der Waals surface area contributed by atoms with Crippen molar-refractivity contribution in [3.8, 4) is 5.82 Å². The minimum Gasteiger partial charge on any atom is -0.340 e. The van der Waals surface area contributed by atoms with E-state index in [2.05, 4.69) is 30.7 Å². The van der Waals surface area contributed by atoms with E-state index < -0.39 is 11.7 Å². The first-order valence-electron chi connectivity index (χ1n) is 8.28. The second kappa shape index (κ2) is 7.62. The van der Waals surface area contributed by atoms with Crippen molar-refractivity contribution in [2.24, 2.45) is 0 Å². The van der Waals surface area contributed by atoms with Crippen LogP contribution in [0.5, 0.6) is 0 Å². The van der Waals surface area contributed by atoms with E-state index in [0.29, 0.717) is 17.3 Å². The molecular weight excluding hydrogens is 361 g/mol. The number of anilines is 3. The number of hydrogen-bond acceptors (Lipinski definition) is 6. The molecule has 0 aliphatic rings. The molecule has 3 aromatic heterocycles. The minimum absolute atomic E-state index is 0.148. The van der Waals surface area contributed by atoms with E-state index in [1.807, 2.05) is 6.07 Å². The average Bonchev–Trinajstić information content (AvgIpc) is 3.25. The van der Waals surface area contributed by atoms with Crippen LogP contribution < -0.4 is 10.6 Å². The summed E-state index contributed by atoms with van der Waals surface area (Å²) in [6, 6.07) is 11.7. The maximum atomic E-state index is 13.2.